The van der Waals surface area contributed by atoms with Crippen molar-refractivity contribution in [3.05, 3.63) is 109 Å². The van der Waals surface area contributed by atoms with Crippen LogP contribution in [0.4, 0.5) is 0 Å². The van der Waals surface area contributed by atoms with Crippen LogP contribution in [0.3, 0.4) is 0 Å². The van der Waals surface area contributed by atoms with E-state index in [9.17, 15) is 19.5 Å². The van der Waals surface area contributed by atoms with Crippen molar-refractivity contribution in [3.63, 3.8) is 0 Å². The third-order valence-electron chi connectivity index (χ3n) is 16.0. The van der Waals surface area contributed by atoms with Gasteiger partial charge in [-0.3, -0.25) is 9.59 Å². The Bertz CT molecular complexity index is 1830. The Morgan fingerprint density at radius 1 is 0.348 bits per heavy atom. The molecule has 89 heavy (non-hydrogen) atoms. The minimum absolute atomic E-state index is 0.184. The van der Waals surface area contributed by atoms with Crippen molar-refractivity contribution in [2.75, 3.05) is 47.5 Å². The molecule has 9 heteroatoms. The number of quaternary nitrogens is 1. The first-order valence-corrected chi connectivity index (χ1v) is 37.1. The molecule has 0 amide bonds. The van der Waals surface area contributed by atoms with Gasteiger partial charge < -0.3 is 28.5 Å². The van der Waals surface area contributed by atoms with Gasteiger partial charge in [-0.25, -0.2) is 4.79 Å². The van der Waals surface area contributed by atoms with Crippen molar-refractivity contribution in [2.45, 2.75) is 334 Å². The van der Waals surface area contributed by atoms with Gasteiger partial charge in [0.05, 0.1) is 34.4 Å². The summed E-state index contributed by atoms with van der Waals surface area (Å²) in [5, 5.41) is 9.76. The number of carbonyl (C=O) groups is 3. The largest absolute Gasteiger partial charge is 0.477 e. The fraction of sp³-hybridized carbons (Fsp3) is 0.738. The van der Waals surface area contributed by atoms with Gasteiger partial charge in [-0.1, -0.05) is 316 Å². The van der Waals surface area contributed by atoms with E-state index >= 15 is 0 Å². The molecule has 0 aliphatic heterocycles. The molecule has 0 spiro atoms. The van der Waals surface area contributed by atoms with Crippen LogP contribution in [0.25, 0.3) is 0 Å². The van der Waals surface area contributed by atoms with E-state index in [2.05, 4.69) is 123 Å². The van der Waals surface area contributed by atoms with Crippen molar-refractivity contribution >= 4 is 17.9 Å². The number of esters is 2. The summed E-state index contributed by atoms with van der Waals surface area (Å²) in [6, 6.07) is 0. The molecule has 0 bridgehead atoms. The van der Waals surface area contributed by atoms with Crippen LogP contribution in [0, 0.1) is 0 Å². The molecule has 0 aromatic carbocycles. The van der Waals surface area contributed by atoms with Crippen LogP contribution in [0.1, 0.15) is 322 Å². The minimum Gasteiger partial charge on any atom is -0.477 e. The number of hydrogen-bond acceptors (Lipinski definition) is 7. The summed E-state index contributed by atoms with van der Waals surface area (Å²) in [6.07, 6.45) is 94.9. The molecule has 0 radical (unpaired) electrons. The maximum Gasteiger partial charge on any atom is 0.361 e. The predicted octanol–water partition coefficient (Wildman–Crippen LogP) is 23.4. The molecular formula is C80H140NO8+. The van der Waals surface area contributed by atoms with Crippen LogP contribution in [0.5, 0.6) is 0 Å². The van der Waals surface area contributed by atoms with Crippen LogP contribution in [-0.4, -0.2) is 87.4 Å². The Balaban J connectivity index is 4.09. The van der Waals surface area contributed by atoms with Crippen molar-refractivity contribution in [2.24, 2.45) is 0 Å². The second-order valence-corrected chi connectivity index (χ2v) is 25.9. The quantitative estimate of drug-likeness (QED) is 0.0211. The molecule has 0 rings (SSSR count). The number of ether oxygens (including phenoxy) is 4. The van der Waals surface area contributed by atoms with Gasteiger partial charge in [0, 0.05) is 12.8 Å². The zero-order chi connectivity index (χ0) is 64.7. The van der Waals surface area contributed by atoms with Crippen LogP contribution in [-0.2, 0) is 33.3 Å². The maximum atomic E-state index is 13.0. The van der Waals surface area contributed by atoms with E-state index in [0.29, 0.717) is 17.4 Å². The van der Waals surface area contributed by atoms with E-state index < -0.39 is 24.3 Å². The molecule has 0 aromatic rings. The molecule has 0 saturated carbocycles. The predicted molar refractivity (Wildman–Crippen MR) is 382 cm³/mol. The Morgan fingerprint density at radius 3 is 0.955 bits per heavy atom. The average Bonchev–Trinajstić information content (AvgIpc) is 3.64. The van der Waals surface area contributed by atoms with Crippen LogP contribution in [0.2, 0.25) is 0 Å². The molecule has 9 nitrogen and oxygen atoms in total. The summed E-state index contributed by atoms with van der Waals surface area (Å²) in [6.45, 7) is 4.78. The molecule has 0 aromatic heterocycles. The number of carboxylic acids is 1. The van der Waals surface area contributed by atoms with Gasteiger partial charge in [0.1, 0.15) is 13.2 Å². The number of hydrogen-bond donors (Lipinski definition) is 1. The second kappa shape index (κ2) is 69.8. The summed E-state index contributed by atoms with van der Waals surface area (Å²) in [5.41, 5.74) is 0. The molecule has 0 saturated heterocycles. The summed E-state index contributed by atoms with van der Waals surface area (Å²) in [4.78, 5) is 37.7. The first kappa shape index (κ1) is 85.0. The van der Waals surface area contributed by atoms with E-state index in [1.807, 2.05) is 21.1 Å². The van der Waals surface area contributed by atoms with Gasteiger partial charge in [-0.2, -0.15) is 0 Å². The van der Waals surface area contributed by atoms with E-state index in [0.717, 1.165) is 96.3 Å². The van der Waals surface area contributed by atoms with E-state index in [1.54, 1.807) is 0 Å². The van der Waals surface area contributed by atoms with Crippen LogP contribution >= 0.6 is 0 Å². The first-order valence-electron chi connectivity index (χ1n) is 37.1. The Morgan fingerprint density at radius 2 is 0.640 bits per heavy atom. The zero-order valence-electron chi connectivity index (χ0n) is 58.6. The summed E-state index contributed by atoms with van der Waals surface area (Å²) in [7, 11) is 5.98. The second-order valence-electron chi connectivity index (χ2n) is 25.9. The van der Waals surface area contributed by atoms with E-state index in [4.69, 9.17) is 18.9 Å². The maximum absolute atomic E-state index is 13.0. The topological polar surface area (TPSA) is 108 Å². The van der Waals surface area contributed by atoms with Gasteiger partial charge in [0.2, 0.25) is 0 Å². The smallest absolute Gasteiger partial charge is 0.361 e. The average molecular weight is 1240 g/mol. The Labute approximate surface area is 549 Å². The molecule has 1 N–H and O–H groups in total. The number of likely N-dealkylation sites (N-methyl/N-ethyl adjacent to an activating group) is 1. The highest BCUT2D eigenvalue weighted by atomic mass is 16.7. The fourth-order valence-electron chi connectivity index (χ4n) is 10.4. The monoisotopic (exact) mass is 1240 g/mol. The van der Waals surface area contributed by atoms with Gasteiger partial charge in [0.15, 0.2) is 6.10 Å². The van der Waals surface area contributed by atoms with E-state index in [-0.39, 0.29) is 32.2 Å². The molecule has 2 atom stereocenters. The number of aliphatic carboxylic acids is 1. The lowest BCUT2D eigenvalue weighted by atomic mass is 10.0. The lowest BCUT2D eigenvalue weighted by molar-refractivity contribution is -0.870. The number of allylic oxidation sites excluding steroid dienone is 18. The third-order valence-corrected chi connectivity index (χ3v) is 16.0. The van der Waals surface area contributed by atoms with Crippen LogP contribution in [0.15, 0.2) is 109 Å². The number of unbranched alkanes of at least 4 members (excludes halogenated alkanes) is 35. The lowest BCUT2D eigenvalue weighted by Crippen LogP contribution is -2.40. The van der Waals surface area contributed by atoms with E-state index in [1.165, 1.54) is 199 Å². The number of carbonyl (C=O) groups excluding carboxylic acids is 2. The Kier molecular flexibility index (Phi) is 66.7. The third kappa shape index (κ3) is 71.3. The van der Waals surface area contributed by atoms with Gasteiger partial charge in [-0.15, -0.1) is 0 Å². The van der Waals surface area contributed by atoms with Crippen LogP contribution < -0.4 is 0 Å². The molecule has 0 fully saturated rings. The van der Waals surface area contributed by atoms with Gasteiger partial charge in [-0.05, 0) is 103 Å². The molecule has 512 valence electrons. The SMILES string of the molecule is CC/C=C\C/C=C\C/C=C\C/C=C\C/C=C\C/C=C\C/C=C\CCCCCCCCCCCCCCCC(=O)OC(COC(=O)CCCCCCCCCCCCCCCCCCC/C=C\C/C=C\CCCCCCC)COC(OCC[N+](C)(C)C)C(=O)O. The minimum atomic E-state index is -1.52. The molecular weight excluding hydrogens is 1100 g/mol. The zero-order valence-corrected chi connectivity index (χ0v) is 58.6. The standard InChI is InChI=1S/C80H139NO8/c1-6-8-10-12-14-16-18-20-22-24-26-28-30-32-34-36-37-38-39-40-41-43-45-47-49-51-53-55-57-59-61-63-65-67-69-71-78(83)89-76(75-88-80(79(84)85)86-73-72-81(3,4)5)74-87-77(82)70-68-66-64-62-60-58-56-54-52-50-48-46-44-42-35-33-31-29-27-25-23-21-19-17-15-13-11-9-7-2/h8,10,14,16,19-22,25-28,32,34,37-38,40-41,76,80H,6-7,9,11-13,15,17-18,23-24,29-31,33,35-36,39,42-75H2,1-5H3/p+1/b10-8-,16-14-,21-19-,22-20-,27-25-,28-26-,34-32-,38-37-,41-40-. The summed E-state index contributed by atoms with van der Waals surface area (Å²) in [5.74, 6) is -2.00. The molecule has 0 aliphatic rings. The Hall–Kier alpha value is -4.05. The summed E-state index contributed by atoms with van der Waals surface area (Å²) < 4.78 is 23.0. The first-order chi connectivity index (χ1) is 43.6. The van der Waals surface area contributed by atoms with Crippen molar-refractivity contribution < 1.29 is 42.9 Å². The van der Waals surface area contributed by atoms with Crippen molar-refractivity contribution in [1.82, 2.24) is 0 Å². The molecule has 0 aliphatic carbocycles. The van der Waals surface area contributed by atoms with Crippen molar-refractivity contribution in [1.29, 1.82) is 0 Å². The molecule has 0 heterocycles. The number of nitrogens with zero attached hydrogens (tertiary/aromatic N) is 1. The highest BCUT2D eigenvalue weighted by Crippen LogP contribution is 2.18. The summed E-state index contributed by atoms with van der Waals surface area (Å²) >= 11 is 0. The highest BCUT2D eigenvalue weighted by Gasteiger charge is 2.25. The van der Waals surface area contributed by atoms with Gasteiger partial charge >= 0.3 is 17.9 Å². The number of carboxylic acid groups (broad SMARTS) is 1. The fourth-order valence-corrected chi connectivity index (χ4v) is 10.4. The van der Waals surface area contributed by atoms with Gasteiger partial charge in [0.25, 0.3) is 6.29 Å². The normalized spacial score (nSPS) is 13.3. The highest BCUT2D eigenvalue weighted by molar-refractivity contribution is 5.71. The number of rotatable bonds is 68. The van der Waals surface area contributed by atoms with Crippen molar-refractivity contribution in [3.8, 4) is 0 Å². The lowest BCUT2D eigenvalue weighted by Gasteiger charge is -2.25. The molecule has 2 unspecified atom stereocenters.